The van der Waals surface area contributed by atoms with Crippen LogP contribution in [0.3, 0.4) is 0 Å². The maximum atomic E-state index is 12.7. The van der Waals surface area contributed by atoms with Crippen molar-refractivity contribution in [2.24, 2.45) is 0 Å². The number of hydrogen-bond donors (Lipinski definition) is 0. The highest BCUT2D eigenvalue weighted by atomic mass is 35.5. The van der Waals surface area contributed by atoms with Crippen molar-refractivity contribution in [1.82, 2.24) is 9.80 Å². The first-order valence-electron chi connectivity index (χ1n) is 8.44. The molecule has 0 N–H and O–H groups in total. The lowest BCUT2D eigenvalue weighted by Crippen LogP contribution is -2.52. The number of nitrogens with zero attached hydrogens (tertiary/aromatic N) is 2. The molecule has 1 saturated heterocycles. The number of carbonyl (C=O) groups excluding carboxylic acids is 2. The fourth-order valence-electron chi connectivity index (χ4n) is 3.00. The molecule has 1 aliphatic heterocycles. The molecule has 0 aromatic heterocycles. The molecular formula is C20H21ClN2O2. The van der Waals surface area contributed by atoms with Gasteiger partial charge >= 0.3 is 0 Å². The Morgan fingerprint density at radius 2 is 1.36 bits per heavy atom. The Kier molecular flexibility index (Phi) is 5.39. The average molecular weight is 357 g/mol. The summed E-state index contributed by atoms with van der Waals surface area (Å²) in [7, 11) is 0. The summed E-state index contributed by atoms with van der Waals surface area (Å²) < 4.78 is 0. The van der Waals surface area contributed by atoms with E-state index < -0.39 is 5.38 Å². The Morgan fingerprint density at radius 3 is 1.92 bits per heavy atom. The lowest BCUT2D eigenvalue weighted by atomic mass is 10.0. The van der Waals surface area contributed by atoms with Gasteiger partial charge < -0.3 is 9.80 Å². The van der Waals surface area contributed by atoms with Gasteiger partial charge in [0.1, 0.15) is 5.38 Å². The first kappa shape index (κ1) is 17.5. The van der Waals surface area contributed by atoms with Crippen LogP contribution in [0, 0.1) is 0 Å². The topological polar surface area (TPSA) is 40.6 Å². The van der Waals surface area contributed by atoms with Crippen LogP contribution in [0.2, 0.25) is 0 Å². The quantitative estimate of drug-likeness (QED) is 0.792. The molecule has 5 heteroatoms. The summed E-state index contributed by atoms with van der Waals surface area (Å²) in [6.07, 6.45) is 0. The number of rotatable bonds is 3. The Labute approximate surface area is 153 Å². The van der Waals surface area contributed by atoms with Gasteiger partial charge in [0.15, 0.2) is 0 Å². The second-order valence-electron chi connectivity index (χ2n) is 6.18. The number of halogens is 1. The predicted octanol–water partition coefficient (Wildman–Crippen LogP) is 3.27. The molecule has 3 rings (SSSR count). The van der Waals surface area contributed by atoms with Crippen LogP contribution in [0.4, 0.5) is 0 Å². The third-order valence-corrected chi connectivity index (χ3v) is 4.64. The standard InChI is InChI=1S/C20H21ClN2O2/c1-15(21)19(24)22-11-13-23(14-12-22)20(25)18-9-7-17(8-10-18)16-5-3-2-4-6-16/h2-10,15H,11-14H2,1H3. The number of carbonyl (C=O) groups is 2. The van der Waals surface area contributed by atoms with E-state index in [0.717, 1.165) is 11.1 Å². The molecule has 25 heavy (non-hydrogen) atoms. The predicted molar refractivity (Wildman–Crippen MR) is 99.7 cm³/mol. The molecule has 2 aromatic rings. The summed E-state index contributed by atoms with van der Waals surface area (Å²) in [6, 6.07) is 17.7. The zero-order chi connectivity index (χ0) is 17.8. The van der Waals surface area contributed by atoms with Crippen molar-refractivity contribution in [2.45, 2.75) is 12.3 Å². The Balaban J connectivity index is 1.63. The summed E-state index contributed by atoms with van der Waals surface area (Å²) >= 11 is 5.85. The Hall–Kier alpha value is -2.33. The molecule has 0 saturated carbocycles. The van der Waals surface area contributed by atoms with Crippen LogP contribution in [-0.2, 0) is 4.79 Å². The molecule has 2 aromatic carbocycles. The van der Waals surface area contributed by atoms with Crippen LogP contribution < -0.4 is 0 Å². The van der Waals surface area contributed by atoms with Crippen molar-refractivity contribution in [3.05, 3.63) is 60.2 Å². The van der Waals surface area contributed by atoms with Crippen molar-refractivity contribution < 1.29 is 9.59 Å². The van der Waals surface area contributed by atoms with E-state index in [1.54, 1.807) is 16.7 Å². The van der Waals surface area contributed by atoms with E-state index in [1.165, 1.54) is 0 Å². The van der Waals surface area contributed by atoms with E-state index >= 15 is 0 Å². The minimum atomic E-state index is -0.521. The highest BCUT2D eigenvalue weighted by Gasteiger charge is 2.26. The maximum absolute atomic E-state index is 12.7. The highest BCUT2D eigenvalue weighted by molar-refractivity contribution is 6.30. The van der Waals surface area contributed by atoms with Crippen molar-refractivity contribution in [1.29, 1.82) is 0 Å². The number of amides is 2. The average Bonchev–Trinajstić information content (AvgIpc) is 2.67. The zero-order valence-electron chi connectivity index (χ0n) is 14.2. The van der Waals surface area contributed by atoms with Gasteiger partial charge in [-0.15, -0.1) is 11.6 Å². The van der Waals surface area contributed by atoms with Crippen LogP contribution in [-0.4, -0.2) is 53.2 Å². The smallest absolute Gasteiger partial charge is 0.253 e. The SMILES string of the molecule is CC(Cl)C(=O)N1CCN(C(=O)c2ccc(-c3ccccc3)cc2)CC1. The second kappa shape index (κ2) is 7.70. The Bertz CT molecular complexity index is 736. The third-order valence-electron chi connectivity index (χ3n) is 4.46. The molecule has 1 unspecified atom stereocenters. The lowest BCUT2D eigenvalue weighted by Gasteiger charge is -2.35. The van der Waals surface area contributed by atoms with Gasteiger partial charge in [-0.3, -0.25) is 9.59 Å². The second-order valence-corrected chi connectivity index (χ2v) is 6.83. The molecule has 130 valence electrons. The number of hydrogen-bond acceptors (Lipinski definition) is 2. The van der Waals surface area contributed by atoms with Crippen molar-refractivity contribution >= 4 is 23.4 Å². The van der Waals surface area contributed by atoms with Gasteiger partial charge in [-0.1, -0.05) is 42.5 Å². The third kappa shape index (κ3) is 4.02. The summed E-state index contributed by atoms with van der Waals surface area (Å²) in [5.41, 5.74) is 2.89. The molecule has 4 nitrogen and oxygen atoms in total. The monoisotopic (exact) mass is 356 g/mol. The van der Waals surface area contributed by atoms with Crippen LogP contribution in [0.15, 0.2) is 54.6 Å². The van der Waals surface area contributed by atoms with Gasteiger partial charge in [-0.25, -0.2) is 0 Å². The highest BCUT2D eigenvalue weighted by Crippen LogP contribution is 2.20. The van der Waals surface area contributed by atoms with E-state index in [-0.39, 0.29) is 11.8 Å². The summed E-state index contributed by atoms with van der Waals surface area (Å²) in [4.78, 5) is 28.1. The first-order chi connectivity index (χ1) is 12.1. The zero-order valence-corrected chi connectivity index (χ0v) is 14.9. The van der Waals surface area contributed by atoms with Crippen molar-refractivity contribution in [3.63, 3.8) is 0 Å². The Morgan fingerprint density at radius 1 is 0.840 bits per heavy atom. The van der Waals surface area contributed by atoms with E-state index in [2.05, 4.69) is 0 Å². The molecule has 0 spiro atoms. The first-order valence-corrected chi connectivity index (χ1v) is 8.87. The lowest BCUT2D eigenvalue weighted by molar-refractivity contribution is -0.131. The van der Waals surface area contributed by atoms with Gasteiger partial charge in [0.05, 0.1) is 0 Å². The van der Waals surface area contributed by atoms with Gasteiger partial charge in [0.2, 0.25) is 5.91 Å². The fourth-order valence-corrected chi connectivity index (χ4v) is 3.14. The molecule has 0 radical (unpaired) electrons. The molecule has 1 atom stereocenters. The molecule has 2 amide bonds. The van der Waals surface area contributed by atoms with Crippen LogP contribution >= 0.6 is 11.6 Å². The normalized spacial score (nSPS) is 15.8. The summed E-state index contributed by atoms with van der Waals surface area (Å²) in [6.45, 7) is 3.81. The van der Waals surface area contributed by atoms with Gasteiger partial charge in [0, 0.05) is 31.7 Å². The van der Waals surface area contributed by atoms with Gasteiger partial charge in [0.25, 0.3) is 5.91 Å². The van der Waals surface area contributed by atoms with E-state index in [4.69, 9.17) is 11.6 Å². The number of benzene rings is 2. The maximum Gasteiger partial charge on any atom is 0.253 e. The molecule has 1 aliphatic rings. The van der Waals surface area contributed by atoms with Crippen LogP contribution in [0.5, 0.6) is 0 Å². The fraction of sp³-hybridized carbons (Fsp3) is 0.300. The summed E-state index contributed by atoms with van der Waals surface area (Å²) in [5, 5.41) is -0.521. The van der Waals surface area contributed by atoms with E-state index in [9.17, 15) is 9.59 Å². The van der Waals surface area contributed by atoms with Crippen molar-refractivity contribution in [2.75, 3.05) is 26.2 Å². The molecule has 1 fully saturated rings. The van der Waals surface area contributed by atoms with Crippen LogP contribution in [0.1, 0.15) is 17.3 Å². The number of alkyl halides is 1. The minimum Gasteiger partial charge on any atom is -0.338 e. The van der Waals surface area contributed by atoms with Gasteiger partial charge in [-0.05, 0) is 30.2 Å². The molecule has 1 heterocycles. The number of piperazine rings is 1. The van der Waals surface area contributed by atoms with E-state index in [1.807, 2.05) is 54.6 Å². The molecule has 0 aliphatic carbocycles. The van der Waals surface area contributed by atoms with Gasteiger partial charge in [-0.2, -0.15) is 0 Å². The molecular weight excluding hydrogens is 336 g/mol. The van der Waals surface area contributed by atoms with Crippen LogP contribution in [0.25, 0.3) is 11.1 Å². The van der Waals surface area contributed by atoms with Crippen molar-refractivity contribution in [3.8, 4) is 11.1 Å². The molecule has 0 bridgehead atoms. The minimum absolute atomic E-state index is 0.00522. The van der Waals surface area contributed by atoms with E-state index in [0.29, 0.717) is 31.7 Å². The summed E-state index contributed by atoms with van der Waals surface area (Å²) in [5.74, 6) is -0.0633. The largest absolute Gasteiger partial charge is 0.338 e.